The molecule has 27 heavy (non-hydrogen) atoms. The van der Waals surface area contributed by atoms with Crippen LogP contribution >= 0.6 is 0 Å². The molecule has 2 rings (SSSR count). The molecule has 1 aliphatic rings. The summed E-state index contributed by atoms with van der Waals surface area (Å²) in [7, 11) is 1.73. The second kappa shape index (κ2) is 13.1. The summed E-state index contributed by atoms with van der Waals surface area (Å²) in [5.74, 6) is -0.615. The summed E-state index contributed by atoms with van der Waals surface area (Å²) in [5, 5.41) is 0. The zero-order valence-corrected chi connectivity index (χ0v) is 17.9. The predicted molar refractivity (Wildman–Crippen MR) is 116 cm³/mol. The van der Waals surface area contributed by atoms with Crippen LogP contribution in [0.5, 0.6) is 0 Å². The Balaban J connectivity index is 0.000000810. The topological polar surface area (TPSA) is 24.7 Å². The zero-order chi connectivity index (χ0) is 21.0. The highest BCUT2D eigenvalue weighted by molar-refractivity contribution is 6.23. The number of halogens is 2. The van der Waals surface area contributed by atoms with Crippen LogP contribution in [0.25, 0.3) is 0 Å². The Labute approximate surface area is 163 Å². The van der Waals surface area contributed by atoms with Gasteiger partial charge in [-0.1, -0.05) is 38.8 Å². The maximum atomic E-state index is 13.5. The molecule has 2 nitrogen and oxygen atoms in total. The Morgan fingerprint density at radius 3 is 2.15 bits per heavy atom. The number of allylic oxidation sites excluding steroid dienone is 3. The first-order valence-corrected chi connectivity index (χ1v) is 9.46. The van der Waals surface area contributed by atoms with Gasteiger partial charge in [0, 0.05) is 29.6 Å². The van der Waals surface area contributed by atoms with Crippen LogP contribution in [0, 0.1) is 24.5 Å². The number of hydrogen-bond donors (Lipinski definition) is 0. The summed E-state index contributed by atoms with van der Waals surface area (Å²) in [6, 6.07) is 2.58. The zero-order valence-electron chi connectivity index (χ0n) is 17.9. The molecule has 0 saturated heterocycles. The van der Waals surface area contributed by atoms with Gasteiger partial charge < -0.3 is 0 Å². The van der Waals surface area contributed by atoms with Crippen LogP contribution in [0.15, 0.2) is 46.4 Å². The molecule has 0 radical (unpaired) electrons. The molecule has 0 amide bonds. The van der Waals surface area contributed by atoms with Crippen LogP contribution in [0.3, 0.4) is 0 Å². The van der Waals surface area contributed by atoms with E-state index < -0.39 is 11.6 Å². The van der Waals surface area contributed by atoms with E-state index in [1.54, 1.807) is 13.1 Å². The smallest absolute Gasteiger partial charge is 0.163 e. The van der Waals surface area contributed by atoms with Gasteiger partial charge in [0.2, 0.25) is 0 Å². The standard InChI is InChI=1S/C16H20F2N2.C4H8.C3H6/c1-6-12(14(7-2)19-5)11(4)20-15-9-8-13(17)16(18)10(15)3;1-4-2-3-4;1-3-2/h6,8-9H,7H2,1-5H3;4H,2-3H2,1H3;3H,1H2,2H3/b12-6-,19-14?,20-11?;;. The van der Waals surface area contributed by atoms with Gasteiger partial charge in [-0.15, -0.1) is 6.58 Å². The molecule has 150 valence electrons. The third kappa shape index (κ3) is 8.89. The van der Waals surface area contributed by atoms with E-state index in [4.69, 9.17) is 0 Å². The fraction of sp³-hybridized carbons (Fsp3) is 0.478. The normalized spacial score (nSPS) is 14.6. The van der Waals surface area contributed by atoms with Gasteiger partial charge in [0.1, 0.15) is 0 Å². The third-order valence-corrected chi connectivity index (χ3v) is 4.06. The van der Waals surface area contributed by atoms with Crippen molar-refractivity contribution in [1.29, 1.82) is 0 Å². The van der Waals surface area contributed by atoms with Gasteiger partial charge >= 0.3 is 0 Å². The van der Waals surface area contributed by atoms with Crippen molar-refractivity contribution in [1.82, 2.24) is 0 Å². The highest BCUT2D eigenvalue weighted by Crippen LogP contribution is 2.26. The maximum absolute atomic E-state index is 13.5. The van der Waals surface area contributed by atoms with Crippen LogP contribution in [-0.4, -0.2) is 18.5 Å². The predicted octanol–water partition coefficient (Wildman–Crippen LogP) is 7.40. The average molecular weight is 377 g/mol. The summed E-state index contributed by atoms with van der Waals surface area (Å²) in [6.07, 6.45) is 7.44. The Bertz CT molecular complexity index is 697. The van der Waals surface area contributed by atoms with Gasteiger partial charge in [-0.3, -0.25) is 9.98 Å². The van der Waals surface area contributed by atoms with Gasteiger partial charge in [-0.05, 0) is 52.2 Å². The lowest BCUT2D eigenvalue weighted by Gasteiger charge is -2.10. The number of rotatable bonds is 4. The highest BCUT2D eigenvalue weighted by Gasteiger charge is 2.13. The van der Waals surface area contributed by atoms with E-state index in [1.807, 2.05) is 33.8 Å². The van der Waals surface area contributed by atoms with Crippen LogP contribution in [0.1, 0.15) is 59.4 Å². The molecule has 0 heterocycles. The van der Waals surface area contributed by atoms with Crippen molar-refractivity contribution in [2.75, 3.05) is 7.05 Å². The van der Waals surface area contributed by atoms with Crippen molar-refractivity contribution in [2.24, 2.45) is 15.9 Å². The molecule has 0 bridgehead atoms. The number of nitrogens with zero attached hydrogens (tertiary/aromatic N) is 2. The highest BCUT2D eigenvalue weighted by atomic mass is 19.2. The summed E-state index contributed by atoms with van der Waals surface area (Å²) >= 11 is 0. The van der Waals surface area contributed by atoms with Crippen LogP contribution in [0.2, 0.25) is 0 Å². The monoisotopic (exact) mass is 376 g/mol. The SMILES string of the molecule is C/C=C(/C(C)=Nc1ccc(F)c(F)c1C)C(CC)=NC.C=CC.CC1CC1. The van der Waals surface area contributed by atoms with Crippen molar-refractivity contribution >= 4 is 17.1 Å². The van der Waals surface area contributed by atoms with Crippen molar-refractivity contribution in [3.05, 3.63) is 53.6 Å². The van der Waals surface area contributed by atoms with Crippen molar-refractivity contribution in [2.45, 2.75) is 60.8 Å². The van der Waals surface area contributed by atoms with Crippen LogP contribution in [-0.2, 0) is 0 Å². The molecular formula is C23H34F2N2. The molecule has 1 saturated carbocycles. The van der Waals surface area contributed by atoms with E-state index in [9.17, 15) is 8.78 Å². The van der Waals surface area contributed by atoms with Crippen molar-refractivity contribution in [3.8, 4) is 0 Å². The second-order valence-corrected chi connectivity index (χ2v) is 6.52. The lowest BCUT2D eigenvalue weighted by molar-refractivity contribution is 0.503. The summed E-state index contributed by atoms with van der Waals surface area (Å²) in [4.78, 5) is 8.64. The number of hydrogen-bond acceptors (Lipinski definition) is 2. The van der Waals surface area contributed by atoms with Crippen molar-refractivity contribution in [3.63, 3.8) is 0 Å². The molecule has 4 heteroatoms. The van der Waals surface area contributed by atoms with Crippen LogP contribution < -0.4 is 0 Å². The van der Waals surface area contributed by atoms with E-state index in [0.717, 1.165) is 35.4 Å². The Hall–Kier alpha value is -2.10. The van der Waals surface area contributed by atoms with Gasteiger partial charge in [0.25, 0.3) is 0 Å². The van der Waals surface area contributed by atoms with Crippen molar-refractivity contribution < 1.29 is 8.78 Å². The van der Waals surface area contributed by atoms with Gasteiger partial charge in [0.15, 0.2) is 11.6 Å². The van der Waals surface area contributed by atoms with Gasteiger partial charge in [-0.2, -0.15) is 0 Å². The molecule has 1 fully saturated rings. The lowest BCUT2D eigenvalue weighted by Crippen LogP contribution is -2.09. The lowest BCUT2D eigenvalue weighted by atomic mass is 10.0. The molecule has 0 spiro atoms. The molecule has 1 aromatic carbocycles. The molecule has 0 atom stereocenters. The van der Waals surface area contributed by atoms with E-state index in [-0.39, 0.29) is 5.56 Å². The largest absolute Gasteiger partial charge is 0.292 e. The number of benzene rings is 1. The number of aliphatic imine (C=N–C) groups is 2. The minimum Gasteiger partial charge on any atom is -0.292 e. The van der Waals surface area contributed by atoms with E-state index in [2.05, 4.69) is 23.5 Å². The fourth-order valence-corrected chi connectivity index (χ4v) is 2.22. The molecule has 0 aromatic heterocycles. The first-order chi connectivity index (χ1) is 12.8. The molecule has 1 aromatic rings. The first kappa shape index (κ1) is 24.9. The molecule has 0 N–H and O–H groups in total. The summed E-state index contributed by atoms with van der Waals surface area (Å²) in [5.41, 5.74) is 3.26. The van der Waals surface area contributed by atoms with Gasteiger partial charge in [-0.25, -0.2) is 8.78 Å². The molecule has 0 aliphatic heterocycles. The van der Waals surface area contributed by atoms with E-state index >= 15 is 0 Å². The molecule has 1 aliphatic carbocycles. The molecular weight excluding hydrogens is 342 g/mol. The van der Waals surface area contributed by atoms with E-state index in [1.165, 1.54) is 25.8 Å². The minimum atomic E-state index is -0.852. The summed E-state index contributed by atoms with van der Waals surface area (Å²) < 4.78 is 26.6. The Morgan fingerprint density at radius 2 is 1.78 bits per heavy atom. The fourth-order valence-electron chi connectivity index (χ4n) is 2.22. The van der Waals surface area contributed by atoms with Gasteiger partial charge in [0.05, 0.1) is 5.69 Å². The minimum absolute atomic E-state index is 0.214. The average Bonchev–Trinajstić information content (AvgIpc) is 3.43. The summed E-state index contributed by atoms with van der Waals surface area (Å²) in [6.45, 7) is 14.8. The Morgan fingerprint density at radius 1 is 1.26 bits per heavy atom. The van der Waals surface area contributed by atoms with Crippen LogP contribution in [0.4, 0.5) is 14.5 Å². The maximum Gasteiger partial charge on any atom is 0.163 e. The third-order valence-electron chi connectivity index (χ3n) is 4.06. The van der Waals surface area contributed by atoms with E-state index in [0.29, 0.717) is 5.69 Å². The Kier molecular flexibility index (Phi) is 12.1. The quantitative estimate of drug-likeness (QED) is 0.386. The first-order valence-electron chi connectivity index (χ1n) is 9.46. The second-order valence-electron chi connectivity index (χ2n) is 6.52. The molecule has 0 unspecified atom stereocenters.